The van der Waals surface area contributed by atoms with E-state index in [1.165, 1.54) is 17.9 Å². The van der Waals surface area contributed by atoms with Gasteiger partial charge in [-0.3, -0.25) is 0 Å². The first-order chi connectivity index (χ1) is 6.93. The summed E-state index contributed by atoms with van der Waals surface area (Å²) < 4.78 is 3.76. The number of H-pyrrole nitrogens is 1. The Kier molecular flexibility index (Phi) is 1.51. The lowest BCUT2D eigenvalue weighted by molar-refractivity contribution is 1.13. The van der Waals surface area contributed by atoms with Crippen LogP contribution >= 0.6 is 11.5 Å². The minimum Gasteiger partial charge on any atom is -0.334 e. The van der Waals surface area contributed by atoms with Gasteiger partial charge in [0.05, 0.1) is 6.20 Å². The van der Waals surface area contributed by atoms with E-state index in [0.717, 1.165) is 11.2 Å². The Labute approximate surface area is 82.2 Å². The molecule has 0 saturated heterocycles. The third-order valence-electron chi connectivity index (χ3n) is 1.76. The number of nitrogens with zero attached hydrogens (tertiary/aromatic N) is 5. The zero-order chi connectivity index (χ0) is 9.38. The van der Waals surface area contributed by atoms with E-state index in [9.17, 15) is 0 Å². The highest BCUT2D eigenvalue weighted by molar-refractivity contribution is 7.03. The summed E-state index contributed by atoms with van der Waals surface area (Å²) in [4.78, 5) is 15.2. The molecule has 0 amide bonds. The van der Waals surface area contributed by atoms with Crippen molar-refractivity contribution >= 4 is 22.7 Å². The SMILES string of the molecule is c1ncc2[nH]c(-c3csnn3)nc2n1. The van der Waals surface area contributed by atoms with Crippen LogP contribution in [-0.2, 0) is 0 Å². The van der Waals surface area contributed by atoms with Gasteiger partial charge in [-0.05, 0) is 11.5 Å². The van der Waals surface area contributed by atoms with Gasteiger partial charge in [0.1, 0.15) is 17.5 Å². The first kappa shape index (κ1) is 7.51. The van der Waals surface area contributed by atoms with Gasteiger partial charge in [0.2, 0.25) is 0 Å². The first-order valence-electron chi connectivity index (χ1n) is 3.86. The monoisotopic (exact) mass is 204 g/mol. The van der Waals surface area contributed by atoms with E-state index < -0.39 is 0 Å². The maximum atomic E-state index is 4.25. The van der Waals surface area contributed by atoms with Gasteiger partial charge in [-0.25, -0.2) is 15.0 Å². The van der Waals surface area contributed by atoms with Crippen molar-refractivity contribution in [2.75, 3.05) is 0 Å². The largest absolute Gasteiger partial charge is 0.334 e. The molecule has 68 valence electrons. The van der Waals surface area contributed by atoms with Crippen molar-refractivity contribution in [2.24, 2.45) is 0 Å². The molecule has 7 heteroatoms. The summed E-state index contributed by atoms with van der Waals surface area (Å²) in [7, 11) is 0. The number of nitrogens with one attached hydrogen (secondary N) is 1. The van der Waals surface area contributed by atoms with Crippen LogP contribution in [0.2, 0.25) is 0 Å². The fourth-order valence-corrected chi connectivity index (χ4v) is 1.59. The molecule has 0 atom stereocenters. The van der Waals surface area contributed by atoms with Gasteiger partial charge in [0.15, 0.2) is 11.5 Å². The predicted octanol–water partition coefficient (Wildman–Crippen LogP) is 0.871. The smallest absolute Gasteiger partial charge is 0.181 e. The van der Waals surface area contributed by atoms with Crippen LogP contribution in [0.15, 0.2) is 17.9 Å². The standard InChI is InChI=1S/C7H4N6S/c1-4-6(9-3-8-1)11-7(10-4)5-2-14-13-12-5/h1-3H,(H,8,9,10,11). The number of fused-ring (bicyclic) bond motifs is 1. The van der Waals surface area contributed by atoms with Crippen LogP contribution in [-0.4, -0.2) is 29.5 Å². The van der Waals surface area contributed by atoms with Crippen LogP contribution in [0.3, 0.4) is 0 Å². The molecule has 3 aromatic heterocycles. The van der Waals surface area contributed by atoms with Gasteiger partial charge < -0.3 is 4.98 Å². The number of hydrogen-bond acceptors (Lipinski definition) is 6. The van der Waals surface area contributed by atoms with Crippen LogP contribution in [0.1, 0.15) is 0 Å². The van der Waals surface area contributed by atoms with E-state index in [-0.39, 0.29) is 0 Å². The molecule has 0 saturated carbocycles. The summed E-state index contributed by atoms with van der Waals surface area (Å²) in [6.45, 7) is 0. The molecule has 0 aromatic carbocycles. The molecule has 0 radical (unpaired) electrons. The van der Waals surface area contributed by atoms with Crippen LogP contribution in [0.4, 0.5) is 0 Å². The third kappa shape index (κ3) is 1.06. The number of imidazole rings is 1. The van der Waals surface area contributed by atoms with E-state index in [1.54, 1.807) is 6.20 Å². The van der Waals surface area contributed by atoms with Crippen molar-refractivity contribution in [2.45, 2.75) is 0 Å². The summed E-state index contributed by atoms with van der Waals surface area (Å²) in [5, 5.41) is 5.73. The second kappa shape index (κ2) is 2.81. The molecule has 0 bridgehead atoms. The number of aromatic amines is 1. The molecule has 0 aliphatic carbocycles. The van der Waals surface area contributed by atoms with Crippen LogP contribution < -0.4 is 0 Å². The van der Waals surface area contributed by atoms with Crippen LogP contribution in [0, 0.1) is 0 Å². The molecular formula is C7H4N6S. The lowest BCUT2D eigenvalue weighted by atomic mass is 10.5. The van der Waals surface area contributed by atoms with Gasteiger partial charge in [0.25, 0.3) is 0 Å². The maximum absolute atomic E-state index is 4.25. The van der Waals surface area contributed by atoms with E-state index in [1.807, 2.05) is 5.38 Å². The highest BCUT2D eigenvalue weighted by Crippen LogP contribution is 2.16. The summed E-state index contributed by atoms with van der Waals surface area (Å²) in [6, 6.07) is 0. The molecule has 6 nitrogen and oxygen atoms in total. The van der Waals surface area contributed by atoms with Crippen molar-refractivity contribution in [3.63, 3.8) is 0 Å². The van der Waals surface area contributed by atoms with E-state index in [2.05, 4.69) is 29.5 Å². The van der Waals surface area contributed by atoms with E-state index >= 15 is 0 Å². The molecule has 3 heterocycles. The summed E-state index contributed by atoms with van der Waals surface area (Å²) in [6.07, 6.45) is 3.14. The van der Waals surface area contributed by atoms with Crippen LogP contribution in [0.25, 0.3) is 22.7 Å². The second-order valence-electron chi connectivity index (χ2n) is 2.64. The molecule has 0 spiro atoms. The second-order valence-corrected chi connectivity index (χ2v) is 3.25. The number of hydrogen-bond donors (Lipinski definition) is 1. The van der Waals surface area contributed by atoms with Crippen molar-refractivity contribution < 1.29 is 0 Å². The molecule has 3 aromatic rings. The van der Waals surface area contributed by atoms with Crippen molar-refractivity contribution in [1.82, 2.24) is 29.5 Å². The quantitative estimate of drug-likeness (QED) is 0.636. The van der Waals surface area contributed by atoms with Gasteiger partial charge in [-0.2, -0.15) is 0 Å². The molecule has 0 unspecified atom stereocenters. The lowest BCUT2D eigenvalue weighted by Crippen LogP contribution is -1.79. The first-order valence-corrected chi connectivity index (χ1v) is 4.70. The zero-order valence-electron chi connectivity index (χ0n) is 6.88. The molecule has 14 heavy (non-hydrogen) atoms. The normalized spacial score (nSPS) is 10.9. The van der Waals surface area contributed by atoms with Gasteiger partial charge in [0, 0.05) is 5.38 Å². The highest BCUT2D eigenvalue weighted by Gasteiger charge is 2.07. The Morgan fingerprint density at radius 1 is 1.36 bits per heavy atom. The van der Waals surface area contributed by atoms with Crippen LogP contribution in [0.5, 0.6) is 0 Å². The molecule has 3 rings (SSSR count). The molecule has 1 N–H and O–H groups in total. The fraction of sp³-hybridized carbons (Fsp3) is 0. The topological polar surface area (TPSA) is 80.2 Å². The molecule has 0 aliphatic rings. The average Bonchev–Trinajstić information content (AvgIpc) is 2.86. The van der Waals surface area contributed by atoms with E-state index in [4.69, 9.17) is 0 Å². The van der Waals surface area contributed by atoms with Gasteiger partial charge >= 0.3 is 0 Å². The minimum atomic E-state index is 0.642. The number of rotatable bonds is 1. The maximum Gasteiger partial charge on any atom is 0.181 e. The Morgan fingerprint density at radius 2 is 2.36 bits per heavy atom. The van der Waals surface area contributed by atoms with Gasteiger partial charge in [-0.1, -0.05) is 4.49 Å². The van der Waals surface area contributed by atoms with Crippen molar-refractivity contribution in [3.8, 4) is 11.5 Å². The van der Waals surface area contributed by atoms with E-state index in [0.29, 0.717) is 11.5 Å². The third-order valence-corrected chi connectivity index (χ3v) is 2.27. The summed E-state index contributed by atoms with van der Waals surface area (Å²) in [5.41, 5.74) is 2.17. The Balaban J connectivity index is 2.24. The predicted molar refractivity (Wildman–Crippen MR) is 50.6 cm³/mol. The molecule has 0 fully saturated rings. The Morgan fingerprint density at radius 3 is 3.14 bits per heavy atom. The summed E-state index contributed by atoms with van der Waals surface area (Å²) in [5.74, 6) is 0.675. The Hall–Kier alpha value is -1.89. The number of aromatic nitrogens is 6. The average molecular weight is 204 g/mol. The zero-order valence-corrected chi connectivity index (χ0v) is 7.69. The molecule has 0 aliphatic heterocycles. The van der Waals surface area contributed by atoms with Gasteiger partial charge in [-0.15, -0.1) is 5.10 Å². The lowest BCUT2D eigenvalue weighted by Gasteiger charge is -1.82. The van der Waals surface area contributed by atoms with Crippen molar-refractivity contribution in [1.29, 1.82) is 0 Å². The summed E-state index contributed by atoms with van der Waals surface area (Å²) >= 11 is 1.29. The Bertz CT molecular complexity index is 523. The van der Waals surface area contributed by atoms with Crippen molar-refractivity contribution in [3.05, 3.63) is 17.9 Å². The fourth-order valence-electron chi connectivity index (χ4n) is 1.15. The molecular weight excluding hydrogens is 200 g/mol. The highest BCUT2D eigenvalue weighted by atomic mass is 32.1. The minimum absolute atomic E-state index is 0.642.